The van der Waals surface area contributed by atoms with Crippen LogP contribution in [0.5, 0.6) is 0 Å². The van der Waals surface area contributed by atoms with Crippen LogP contribution in [0.15, 0.2) is 41.7 Å². The number of aromatic nitrogens is 3. The number of benzene rings is 1. The van der Waals surface area contributed by atoms with Gasteiger partial charge in [0.15, 0.2) is 17.3 Å². The largest absolute Gasteiger partial charge is 0.243 e. The molecular weight excluding hydrogens is 374 g/mol. The van der Waals surface area contributed by atoms with Crippen molar-refractivity contribution in [3.8, 4) is 0 Å². The van der Waals surface area contributed by atoms with Crippen LogP contribution in [0, 0.1) is 18.6 Å². The van der Waals surface area contributed by atoms with Gasteiger partial charge in [0.1, 0.15) is 6.33 Å². The Morgan fingerprint density at radius 2 is 1.85 bits per heavy atom. The highest BCUT2D eigenvalue weighted by Crippen LogP contribution is 2.32. The molecular formula is C18H18F2N4O2S. The van der Waals surface area contributed by atoms with E-state index in [2.05, 4.69) is 10.1 Å². The van der Waals surface area contributed by atoms with Gasteiger partial charge in [-0.05, 0) is 61.1 Å². The summed E-state index contributed by atoms with van der Waals surface area (Å²) in [5.74, 6) is -2.02. The number of aryl methyl sites for hydroxylation is 1. The molecule has 0 atom stereocenters. The molecule has 3 heterocycles. The lowest BCUT2D eigenvalue weighted by Crippen LogP contribution is -2.38. The quantitative estimate of drug-likeness (QED) is 0.687. The molecule has 3 aromatic rings. The molecule has 1 aromatic carbocycles. The number of nitrogens with zero attached hydrogens (tertiary/aromatic N) is 4. The SMILES string of the molecule is Cc1cc2ncnn2cc1C1CCN(S(=O)(=O)c2ccc(F)c(F)c2)CC1. The molecule has 1 saturated heterocycles. The Balaban J connectivity index is 1.54. The summed E-state index contributed by atoms with van der Waals surface area (Å²) >= 11 is 0. The van der Waals surface area contributed by atoms with E-state index in [9.17, 15) is 17.2 Å². The average molecular weight is 392 g/mol. The van der Waals surface area contributed by atoms with Gasteiger partial charge in [0.05, 0.1) is 4.90 Å². The number of halogens is 2. The van der Waals surface area contributed by atoms with Crippen LogP contribution >= 0.6 is 0 Å². The predicted molar refractivity (Wildman–Crippen MR) is 94.8 cm³/mol. The van der Waals surface area contributed by atoms with Gasteiger partial charge in [-0.1, -0.05) is 0 Å². The third kappa shape index (κ3) is 3.21. The molecule has 1 aliphatic rings. The summed E-state index contributed by atoms with van der Waals surface area (Å²) in [6.07, 6.45) is 4.73. The standard InChI is InChI=1S/C18H18F2N4O2S/c1-12-8-18-21-11-22-24(18)10-15(12)13-4-6-23(7-5-13)27(25,26)14-2-3-16(19)17(20)9-14/h2-3,8-11,13H,4-7H2,1H3. The molecule has 6 nitrogen and oxygen atoms in total. The minimum Gasteiger partial charge on any atom is -0.221 e. The molecule has 9 heteroatoms. The smallest absolute Gasteiger partial charge is 0.221 e. The Labute approximate surface area is 155 Å². The summed E-state index contributed by atoms with van der Waals surface area (Å²) in [5.41, 5.74) is 2.99. The van der Waals surface area contributed by atoms with E-state index in [4.69, 9.17) is 0 Å². The summed E-state index contributed by atoms with van der Waals surface area (Å²) in [6, 6.07) is 4.64. The maximum absolute atomic E-state index is 13.4. The molecule has 4 rings (SSSR count). The average Bonchev–Trinajstić information content (AvgIpc) is 3.10. The molecule has 1 fully saturated rings. The Bertz CT molecular complexity index is 1110. The molecule has 142 valence electrons. The second kappa shape index (κ2) is 6.65. The highest BCUT2D eigenvalue weighted by Gasteiger charge is 2.31. The molecule has 27 heavy (non-hydrogen) atoms. The van der Waals surface area contributed by atoms with Gasteiger partial charge in [0.25, 0.3) is 0 Å². The summed E-state index contributed by atoms with van der Waals surface area (Å²) in [6.45, 7) is 2.65. The molecule has 2 aromatic heterocycles. The van der Waals surface area contributed by atoms with Gasteiger partial charge in [0, 0.05) is 19.3 Å². The van der Waals surface area contributed by atoms with Crippen molar-refractivity contribution in [2.75, 3.05) is 13.1 Å². The van der Waals surface area contributed by atoms with Crippen molar-refractivity contribution in [1.82, 2.24) is 18.9 Å². The van der Waals surface area contributed by atoms with Gasteiger partial charge in [-0.25, -0.2) is 26.7 Å². The maximum atomic E-state index is 13.4. The fourth-order valence-corrected chi connectivity index (χ4v) is 5.08. The summed E-state index contributed by atoms with van der Waals surface area (Å²) in [5, 5.41) is 4.16. The number of pyridine rings is 1. The van der Waals surface area contributed by atoms with E-state index in [0.29, 0.717) is 25.9 Å². The molecule has 0 amide bonds. The maximum Gasteiger partial charge on any atom is 0.243 e. The van der Waals surface area contributed by atoms with E-state index in [0.717, 1.165) is 35.0 Å². The van der Waals surface area contributed by atoms with Gasteiger partial charge >= 0.3 is 0 Å². The van der Waals surface area contributed by atoms with E-state index in [1.165, 1.54) is 10.6 Å². The lowest BCUT2D eigenvalue weighted by Gasteiger charge is -2.32. The van der Waals surface area contributed by atoms with Gasteiger partial charge < -0.3 is 0 Å². The van der Waals surface area contributed by atoms with Crippen LogP contribution in [0.25, 0.3) is 5.65 Å². The zero-order valence-corrected chi connectivity index (χ0v) is 15.5. The van der Waals surface area contributed by atoms with Crippen molar-refractivity contribution < 1.29 is 17.2 Å². The Hall–Kier alpha value is -2.39. The second-order valence-electron chi connectivity index (χ2n) is 6.73. The van der Waals surface area contributed by atoms with E-state index in [-0.39, 0.29) is 10.8 Å². The van der Waals surface area contributed by atoms with Crippen molar-refractivity contribution in [3.05, 3.63) is 59.6 Å². The third-order valence-corrected chi connectivity index (χ3v) is 6.98. The zero-order chi connectivity index (χ0) is 19.2. The monoisotopic (exact) mass is 392 g/mol. The minimum absolute atomic E-state index is 0.204. The first-order valence-electron chi connectivity index (χ1n) is 8.61. The van der Waals surface area contributed by atoms with Crippen molar-refractivity contribution in [2.45, 2.75) is 30.6 Å². The molecule has 0 bridgehead atoms. The van der Waals surface area contributed by atoms with Crippen LogP contribution in [-0.2, 0) is 10.0 Å². The lowest BCUT2D eigenvalue weighted by atomic mass is 9.89. The fourth-order valence-electron chi connectivity index (χ4n) is 3.59. The molecule has 0 saturated carbocycles. The van der Waals surface area contributed by atoms with Crippen LogP contribution in [0.3, 0.4) is 0 Å². The van der Waals surface area contributed by atoms with Crippen molar-refractivity contribution in [1.29, 1.82) is 0 Å². The molecule has 1 aliphatic heterocycles. The number of sulfonamides is 1. The second-order valence-corrected chi connectivity index (χ2v) is 8.67. The number of hydrogen-bond donors (Lipinski definition) is 0. The van der Waals surface area contributed by atoms with Crippen LogP contribution in [0.4, 0.5) is 8.78 Å². The van der Waals surface area contributed by atoms with Crippen LogP contribution in [-0.4, -0.2) is 40.4 Å². The predicted octanol–water partition coefficient (Wildman–Crippen LogP) is 2.88. The van der Waals surface area contributed by atoms with Crippen LogP contribution < -0.4 is 0 Å². The van der Waals surface area contributed by atoms with Crippen LogP contribution in [0.1, 0.15) is 29.9 Å². The van der Waals surface area contributed by atoms with Crippen molar-refractivity contribution in [3.63, 3.8) is 0 Å². The number of piperidine rings is 1. The third-order valence-electron chi connectivity index (χ3n) is 5.09. The normalized spacial score (nSPS) is 16.9. The van der Waals surface area contributed by atoms with Crippen molar-refractivity contribution in [2.24, 2.45) is 0 Å². The van der Waals surface area contributed by atoms with Gasteiger partial charge in [-0.2, -0.15) is 9.40 Å². The van der Waals surface area contributed by atoms with Gasteiger partial charge in [-0.15, -0.1) is 0 Å². The van der Waals surface area contributed by atoms with Gasteiger partial charge in [0.2, 0.25) is 10.0 Å². The first-order chi connectivity index (χ1) is 12.9. The van der Waals surface area contributed by atoms with Crippen LogP contribution in [0.2, 0.25) is 0 Å². The summed E-state index contributed by atoms with van der Waals surface area (Å²) < 4.78 is 55.0. The van der Waals surface area contributed by atoms with E-state index >= 15 is 0 Å². The van der Waals surface area contributed by atoms with Gasteiger partial charge in [-0.3, -0.25) is 0 Å². The molecule has 0 N–H and O–H groups in total. The molecule has 0 aliphatic carbocycles. The fraction of sp³-hybridized carbons (Fsp3) is 0.333. The zero-order valence-electron chi connectivity index (χ0n) is 14.6. The molecule has 0 radical (unpaired) electrons. The van der Waals surface area contributed by atoms with E-state index in [1.807, 2.05) is 19.2 Å². The Kier molecular flexibility index (Phi) is 4.43. The summed E-state index contributed by atoms with van der Waals surface area (Å²) in [7, 11) is -3.84. The topological polar surface area (TPSA) is 67.6 Å². The summed E-state index contributed by atoms with van der Waals surface area (Å²) in [4.78, 5) is 3.94. The number of hydrogen-bond acceptors (Lipinski definition) is 4. The van der Waals surface area contributed by atoms with E-state index in [1.54, 1.807) is 4.52 Å². The Morgan fingerprint density at radius 1 is 1.11 bits per heavy atom. The highest BCUT2D eigenvalue weighted by atomic mass is 32.2. The lowest BCUT2D eigenvalue weighted by molar-refractivity contribution is 0.318. The van der Waals surface area contributed by atoms with E-state index < -0.39 is 21.7 Å². The highest BCUT2D eigenvalue weighted by molar-refractivity contribution is 7.89. The molecule has 0 unspecified atom stereocenters. The Morgan fingerprint density at radius 3 is 2.56 bits per heavy atom. The number of rotatable bonds is 3. The number of fused-ring (bicyclic) bond motifs is 1. The first kappa shape index (κ1) is 18.0. The minimum atomic E-state index is -3.84. The molecule has 0 spiro atoms. The van der Waals surface area contributed by atoms with Crippen molar-refractivity contribution >= 4 is 15.7 Å². The first-order valence-corrected chi connectivity index (χ1v) is 10.1.